The van der Waals surface area contributed by atoms with Gasteiger partial charge in [-0.3, -0.25) is 4.79 Å². The molecule has 0 radical (unpaired) electrons. The molecule has 4 rings (SSSR count). The zero-order valence-corrected chi connectivity index (χ0v) is 16.0. The molecule has 0 saturated heterocycles. The Balaban J connectivity index is 1.73. The average Bonchev–Trinajstić information content (AvgIpc) is 2.82. The van der Waals surface area contributed by atoms with Gasteiger partial charge in [0.25, 0.3) is 0 Å². The topological polar surface area (TPSA) is 85.4 Å². The Morgan fingerprint density at radius 3 is 2.71 bits per heavy atom. The highest BCUT2D eigenvalue weighted by Gasteiger charge is 2.21. The van der Waals surface area contributed by atoms with Crippen LogP contribution in [0.2, 0.25) is 5.02 Å². The third-order valence-corrected chi connectivity index (χ3v) is 4.60. The van der Waals surface area contributed by atoms with E-state index < -0.39 is 0 Å². The van der Waals surface area contributed by atoms with E-state index in [-0.39, 0.29) is 12.3 Å². The van der Waals surface area contributed by atoms with E-state index in [0.717, 1.165) is 16.8 Å². The van der Waals surface area contributed by atoms with Gasteiger partial charge in [-0.15, -0.1) is 0 Å². The summed E-state index contributed by atoms with van der Waals surface area (Å²) in [6.07, 6.45) is 1.85. The molecule has 1 amide bonds. The van der Waals surface area contributed by atoms with Gasteiger partial charge < -0.3 is 20.1 Å². The molecule has 1 aliphatic rings. The number of anilines is 3. The summed E-state index contributed by atoms with van der Waals surface area (Å²) < 4.78 is 10.6. The average molecular weight is 397 g/mol. The molecular formula is C20H17ClN4O3. The quantitative estimate of drug-likeness (QED) is 0.692. The van der Waals surface area contributed by atoms with Crippen molar-refractivity contribution >= 4 is 34.8 Å². The molecule has 7 nitrogen and oxygen atoms in total. The Morgan fingerprint density at radius 2 is 1.93 bits per heavy atom. The van der Waals surface area contributed by atoms with Crippen molar-refractivity contribution in [2.24, 2.45) is 0 Å². The van der Waals surface area contributed by atoms with Crippen LogP contribution in [0.1, 0.15) is 5.56 Å². The summed E-state index contributed by atoms with van der Waals surface area (Å²) in [6.45, 7) is 0. The molecule has 0 aliphatic carbocycles. The normalized spacial score (nSPS) is 12.3. The number of ether oxygens (including phenoxy) is 2. The van der Waals surface area contributed by atoms with E-state index in [9.17, 15) is 4.79 Å². The smallest absolute Gasteiger partial charge is 0.228 e. The van der Waals surface area contributed by atoms with Gasteiger partial charge in [0.2, 0.25) is 11.9 Å². The van der Waals surface area contributed by atoms with Gasteiger partial charge in [0, 0.05) is 34.1 Å². The minimum absolute atomic E-state index is 0.133. The molecule has 0 atom stereocenters. The monoisotopic (exact) mass is 396 g/mol. The van der Waals surface area contributed by atoms with Crippen LogP contribution in [0.5, 0.6) is 11.5 Å². The van der Waals surface area contributed by atoms with E-state index in [4.69, 9.17) is 21.1 Å². The van der Waals surface area contributed by atoms with Gasteiger partial charge in [-0.2, -0.15) is 0 Å². The number of halogens is 1. The van der Waals surface area contributed by atoms with Crippen LogP contribution < -0.4 is 20.1 Å². The fourth-order valence-electron chi connectivity index (χ4n) is 3.07. The van der Waals surface area contributed by atoms with E-state index in [2.05, 4.69) is 20.6 Å². The lowest BCUT2D eigenvalue weighted by Gasteiger charge is -2.12. The second-order valence-electron chi connectivity index (χ2n) is 6.18. The van der Waals surface area contributed by atoms with Crippen molar-refractivity contribution in [2.45, 2.75) is 6.42 Å². The Kier molecular flexibility index (Phi) is 4.75. The number of fused-ring (bicyclic) bond motifs is 3. The number of hydrogen-bond acceptors (Lipinski definition) is 6. The third-order valence-electron chi connectivity index (χ3n) is 4.37. The molecule has 2 N–H and O–H groups in total. The van der Waals surface area contributed by atoms with Crippen molar-refractivity contribution in [3.63, 3.8) is 0 Å². The van der Waals surface area contributed by atoms with Gasteiger partial charge in [0.1, 0.15) is 0 Å². The van der Waals surface area contributed by atoms with Crippen molar-refractivity contribution in [3.8, 4) is 22.8 Å². The standard InChI is InChI=1S/C20H17ClN4O3/c1-27-16-6-4-13(9-17(16)28-2)23-20-22-10-11-7-18(26)24-15-8-12(21)3-5-14(15)19(11)25-20/h3-6,8-10H,7H2,1-2H3,(H,24,26)(H,22,23,25). The summed E-state index contributed by atoms with van der Waals surface area (Å²) in [5.74, 6) is 1.50. The van der Waals surface area contributed by atoms with Crippen molar-refractivity contribution in [2.75, 3.05) is 24.9 Å². The first-order chi connectivity index (χ1) is 13.6. The Bertz CT molecular complexity index is 1070. The summed E-state index contributed by atoms with van der Waals surface area (Å²) in [7, 11) is 3.16. The maximum atomic E-state index is 12.2. The number of benzene rings is 2. The van der Waals surface area contributed by atoms with E-state index in [1.165, 1.54) is 0 Å². The number of amides is 1. The molecule has 28 heavy (non-hydrogen) atoms. The number of carbonyl (C=O) groups is 1. The lowest BCUT2D eigenvalue weighted by Crippen LogP contribution is -2.12. The molecule has 0 fully saturated rings. The van der Waals surface area contributed by atoms with Gasteiger partial charge in [-0.05, 0) is 30.3 Å². The molecule has 1 aromatic heterocycles. The van der Waals surface area contributed by atoms with Crippen LogP contribution in [-0.2, 0) is 11.2 Å². The number of nitrogens with one attached hydrogen (secondary N) is 2. The molecule has 0 unspecified atom stereocenters. The Morgan fingerprint density at radius 1 is 1.11 bits per heavy atom. The summed E-state index contributed by atoms with van der Waals surface area (Å²) in [5.41, 5.74) is 3.60. The van der Waals surface area contributed by atoms with Crippen LogP contribution in [0.15, 0.2) is 42.6 Å². The number of rotatable bonds is 4. The van der Waals surface area contributed by atoms with Crippen LogP contribution in [0.3, 0.4) is 0 Å². The van der Waals surface area contributed by atoms with E-state index in [1.807, 2.05) is 12.1 Å². The summed E-state index contributed by atoms with van der Waals surface area (Å²) in [5, 5.41) is 6.57. The van der Waals surface area contributed by atoms with Gasteiger partial charge in [0.05, 0.1) is 32.0 Å². The van der Waals surface area contributed by atoms with E-state index >= 15 is 0 Å². The molecule has 0 saturated carbocycles. The first-order valence-corrected chi connectivity index (χ1v) is 8.90. The minimum atomic E-state index is -0.133. The molecule has 8 heteroatoms. The van der Waals surface area contributed by atoms with Crippen LogP contribution in [0.25, 0.3) is 11.3 Å². The number of methoxy groups -OCH3 is 2. The molecule has 1 aliphatic heterocycles. The highest BCUT2D eigenvalue weighted by Crippen LogP contribution is 2.35. The second kappa shape index (κ2) is 7.36. The van der Waals surface area contributed by atoms with Gasteiger partial charge in [-0.25, -0.2) is 9.97 Å². The summed E-state index contributed by atoms with van der Waals surface area (Å²) in [6, 6.07) is 10.8. The van der Waals surface area contributed by atoms with Gasteiger partial charge in [-0.1, -0.05) is 11.6 Å². The largest absolute Gasteiger partial charge is 0.493 e. The first kappa shape index (κ1) is 18.1. The van der Waals surface area contributed by atoms with Crippen molar-refractivity contribution in [1.29, 1.82) is 0 Å². The highest BCUT2D eigenvalue weighted by molar-refractivity contribution is 6.31. The highest BCUT2D eigenvalue weighted by atomic mass is 35.5. The predicted octanol–water partition coefficient (Wildman–Crippen LogP) is 4.05. The maximum absolute atomic E-state index is 12.2. The first-order valence-electron chi connectivity index (χ1n) is 8.52. The third kappa shape index (κ3) is 3.44. The maximum Gasteiger partial charge on any atom is 0.228 e. The van der Waals surface area contributed by atoms with E-state index in [0.29, 0.717) is 33.9 Å². The van der Waals surface area contributed by atoms with Gasteiger partial charge >= 0.3 is 0 Å². The predicted molar refractivity (Wildman–Crippen MR) is 108 cm³/mol. The number of hydrogen-bond donors (Lipinski definition) is 2. The lowest BCUT2D eigenvalue weighted by molar-refractivity contribution is -0.115. The zero-order chi connectivity index (χ0) is 19.7. The molecule has 0 bridgehead atoms. The lowest BCUT2D eigenvalue weighted by atomic mass is 10.1. The summed E-state index contributed by atoms with van der Waals surface area (Å²) in [4.78, 5) is 21.2. The molecule has 3 aromatic rings. The van der Waals surface area contributed by atoms with Crippen LogP contribution in [0, 0.1) is 0 Å². The molecule has 2 aromatic carbocycles. The van der Waals surface area contributed by atoms with Crippen LogP contribution >= 0.6 is 11.6 Å². The van der Waals surface area contributed by atoms with Crippen molar-refractivity contribution < 1.29 is 14.3 Å². The summed E-state index contributed by atoms with van der Waals surface area (Å²) >= 11 is 6.08. The minimum Gasteiger partial charge on any atom is -0.493 e. The molecule has 0 spiro atoms. The van der Waals surface area contributed by atoms with Gasteiger partial charge in [0.15, 0.2) is 11.5 Å². The van der Waals surface area contributed by atoms with E-state index in [1.54, 1.807) is 44.7 Å². The van der Waals surface area contributed by atoms with Crippen LogP contribution in [-0.4, -0.2) is 30.1 Å². The number of carbonyl (C=O) groups excluding carboxylic acids is 1. The SMILES string of the molecule is COc1ccc(Nc2ncc3c(n2)-c2ccc(Cl)cc2NC(=O)C3)cc1OC. The number of aromatic nitrogens is 2. The second-order valence-corrected chi connectivity index (χ2v) is 6.61. The number of nitrogens with zero attached hydrogens (tertiary/aromatic N) is 2. The van der Waals surface area contributed by atoms with Crippen molar-refractivity contribution in [1.82, 2.24) is 9.97 Å². The van der Waals surface area contributed by atoms with Crippen molar-refractivity contribution in [3.05, 3.63) is 53.2 Å². The fraction of sp³-hybridized carbons (Fsp3) is 0.150. The molecular weight excluding hydrogens is 380 g/mol. The molecule has 142 valence electrons. The zero-order valence-electron chi connectivity index (χ0n) is 15.2. The Hall–Kier alpha value is -3.32. The molecule has 2 heterocycles. The van der Waals surface area contributed by atoms with Crippen LogP contribution in [0.4, 0.5) is 17.3 Å². The Labute approximate surface area is 166 Å². The fourth-order valence-corrected chi connectivity index (χ4v) is 3.24.